The number of alkyl halides is 3. The first-order chi connectivity index (χ1) is 10.6. The Labute approximate surface area is 134 Å². The van der Waals surface area contributed by atoms with E-state index in [0.29, 0.717) is 0 Å². The zero-order valence-electron chi connectivity index (χ0n) is 13.6. The number of nitrogens with zero attached hydrogens (tertiary/aromatic N) is 1. The Morgan fingerprint density at radius 1 is 1.35 bits per heavy atom. The summed E-state index contributed by atoms with van der Waals surface area (Å²) in [5, 5.41) is 19.6. The van der Waals surface area contributed by atoms with Crippen LogP contribution < -0.4 is 0 Å². The lowest BCUT2D eigenvalue weighted by Crippen LogP contribution is -2.38. The average Bonchev–Trinajstić information content (AvgIpc) is 2.44. The zero-order chi connectivity index (χ0) is 17.4. The summed E-state index contributed by atoms with van der Waals surface area (Å²) in [6.07, 6.45) is -2.59. The van der Waals surface area contributed by atoms with E-state index in [1.165, 1.54) is 6.07 Å². The molecule has 0 aliphatic heterocycles. The summed E-state index contributed by atoms with van der Waals surface area (Å²) < 4.78 is 39.4. The minimum atomic E-state index is -4.60. The van der Waals surface area contributed by atoms with E-state index in [9.17, 15) is 18.3 Å². The Hall–Kier alpha value is -1.54. The highest BCUT2D eigenvalue weighted by Crippen LogP contribution is 2.50. The molecule has 3 atom stereocenters. The molecule has 2 rings (SSSR count). The van der Waals surface area contributed by atoms with E-state index in [4.69, 9.17) is 5.26 Å². The number of benzene rings is 1. The van der Waals surface area contributed by atoms with Gasteiger partial charge in [0.15, 0.2) is 0 Å². The van der Waals surface area contributed by atoms with Crippen molar-refractivity contribution in [2.75, 3.05) is 0 Å². The van der Waals surface area contributed by atoms with Crippen LogP contribution in [0.15, 0.2) is 18.2 Å². The molecule has 0 aromatic heterocycles. The minimum Gasteiger partial charge on any atom is -0.388 e. The van der Waals surface area contributed by atoms with Crippen molar-refractivity contribution in [3.63, 3.8) is 0 Å². The third-order valence-electron chi connectivity index (χ3n) is 5.15. The van der Waals surface area contributed by atoms with Crippen molar-refractivity contribution in [1.29, 1.82) is 5.26 Å². The Kier molecular flexibility index (Phi) is 4.77. The normalized spacial score (nSPS) is 25.7. The summed E-state index contributed by atoms with van der Waals surface area (Å²) in [7, 11) is 0. The van der Waals surface area contributed by atoms with Crippen molar-refractivity contribution in [2.45, 2.75) is 52.3 Å². The molecule has 0 heterocycles. The number of halogens is 3. The maximum absolute atomic E-state index is 13.1. The highest BCUT2D eigenvalue weighted by atomic mass is 19.4. The largest absolute Gasteiger partial charge is 0.417 e. The molecule has 0 bridgehead atoms. The van der Waals surface area contributed by atoms with Crippen molar-refractivity contribution in [2.24, 2.45) is 17.3 Å². The van der Waals surface area contributed by atoms with Gasteiger partial charge in [0.2, 0.25) is 0 Å². The van der Waals surface area contributed by atoms with E-state index in [-0.39, 0.29) is 22.8 Å². The minimum absolute atomic E-state index is 0.106. The molecule has 0 radical (unpaired) electrons. The second kappa shape index (κ2) is 6.16. The Morgan fingerprint density at radius 2 is 2.00 bits per heavy atom. The second-order valence-corrected chi connectivity index (χ2v) is 7.24. The lowest BCUT2D eigenvalue weighted by molar-refractivity contribution is -0.137. The SMILES string of the molecule is C[C@H]1CCCC(C)(C)[C@@H]1[C@@H](O)c1ccc(C#N)c(C(F)(F)F)c1. The van der Waals surface area contributed by atoms with Gasteiger partial charge in [-0.25, -0.2) is 0 Å². The van der Waals surface area contributed by atoms with Crippen LogP contribution >= 0.6 is 0 Å². The standard InChI is InChI=1S/C18H22F3NO/c1-11-5-4-8-17(2,3)15(11)16(23)12-6-7-13(10-22)14(9-12)18(19,20)21/h6-7,9,11,15-16,23H,4-5,8H2,1-3H3/t11-,15-,16-/m0/s1. The lowest BCUT2D eigenvalue weighted by Gasteiger charge is -2.45. The summed E-state index contributed by atoms with van der Waals surface area (Å²) in [6.45, 7) is 6.17. The van der Waals surface area contributed by atoms with Gasteiger partial charge in [0.05, 0.1) is 23.3 Å². The molecule has 0 spiro atoms. The van der Waals surface area contributed by atoms with Crippen LogP contribution in [0.5, 0.6) is 0 Å². The second-order valence-electron chi connectivity index (χ2n) is 7.24. The first-order valence-electron chi connectivity index (χ1n) is 7.87. The fourth-order valence-electron chi connectivity index (χ4n) is 4.02. The maximum atomic E-state index is 13.1. The first-order valence-corrected chi connectivity index (χ1v) is 7.87. The molecule has 1 N–H and O–H groups in total. The van der Waals surface area contributed by atoms with Crippen molar-refractivity contribution in [3.8, 4) is 6.07 Å². The van der Waals surface area contributed by atoms with Crippen LogP contribution in [0.2, 0.25) is 0 Å². The highest BCUT2D eigenvalue weighted by Gasteiger charge is 2.42. The van der Waals surface area contributed by atoms with Crippen LogP contribution in [-0.2, 0) is 6.18 Å². The maximum Gasteiger partial charge on any atom is 0.417 e. The number of rotatable bonds is 2. The van der Waals surface area contributed by atoms with Gasteiger partial charge in [-0.3, -0.25) is 0 Å². The van der Waals surface area contributed by atoms with Gasteiger partial charge in [-0.15, -0.1) is 0 Å². The molecule has 23 heavy (non-hydrogen) atoms. The van der Waals surface area contributed by atoms with Gasteiger partial charge in [0, 0.05) is 0 Å². The molecular weight excluding hydrogens is 303 g/mol. The molecule has 2 nitrogen and oxygen atoms in total. The Balaban J connectivity index is 2.43. The van der Waals surface area contributed by atoms with Crippen molar-refractivity contribution < 1.29 is 18.3 Å². The number of aliphatic hydroxyl groups excluding tert-OH is 1. The van der Waals surface area contributed by atoms with Crippen LogP contribution in [0.25, 0.3) is 0 Å². The number of hydrogen-bond acceptors (Lipinski definition) is 2. The van der Waals surface area contributed by atoms with Gasteiger partial charge >= 0.3 is 6.18 Å². The van der Waals surface area contributed by atoms with Gasteiger partial charge in [-0.2, -0.15) is 18.4 Å². The molecule has 1 aromatic rings. The summed E-state index contributed by atoms with van der Waals surface area (Å²) in [6, 6.07) is 5.10. The van der Waals surface area contributed by atoms with Crippen LogP contribution in [0.3, 0.4) is 0 Å². The summed E-state index contributed by atoms with van der Waals surface area (Å²) in [5.41, 5.74) is -1.28. The molecule has 0 amide bonds. The topological polar surface area (TPSA) is 44.0 Å². The van der Waals surface area contributed by atoms with E-state index >= 15 is 0 Å². The smallest absolute Gasteiger partial charge is 0.388 e. The van der Waals surface area contributed by atoms with Crippen LogP contribution in [0.1, 0.15) is 62.8 Å². The van der Waals surface area contributed by atoms with E-state index < -0.39 is 23.4 Å². The molecular formula is C18H22F3NO. The Morgan fingerprint density at radius 3 is 2.52 bits per heavy atom. The lowest BCUT2D eigenvalue weighted by atomic mass is 9.61. The fraction of sp³-hybridized carbons (Fsp3) is 0.611. The van der Waals surface area contributed by atoms with Gasteiger partial charge in [-0.1, -0.05) is 39.7 Å². The number of hydrogen-bond donors (Lipinski definition) is 1. The van der Waals surface area contributed by atoms with Crippen LogP contribution in [-0.4, -0.2) is 5.11 Å². The molecule has 1 fully saturated rings. The summed E-state index contributed by atoms with van der Waals surface area (Å²) in [5.74, 6) is 0.129. The van der Waals surface area contributed by atoms with Gasteiger partial charge in [0.1, 0.15) is 0 Å². The summed E-state index contributed by atoms with van der Waals surface area (Å²) in [4.78, 5) is 0. The molecule has 0 saturated heterocycles. The van der Waals surface area contributed by atoms with Crippen LogP contribution in [0.4, 0.5) is 13.2 Å². The number of aliphatic hydroxyl groups is 1. The molecule has 1 aromatic carbocycles. The van der Waals surface area contributed by atoms with Gasteiger partial charge in [-0.05, 0) is 41.4 Å². The van der Waals surface area contributed by atoms with E-state index in [0.717, 1.165) is 31.4 Å². The van der Waals surface area contributed by atoms with E-state index in [2.05, 4.69) is 13.8 Å². The first kappa shape index (κ1) is 17.8. The monoisotopic (exact) mass is 325 g/mol. The van der Waals surface area contributed by atoms with E-state index in [1.54, 1.807) is 6.07 Å². The van der Waals surface area contributed by atoms with E-state index in [1.807, 2.05) is 6.92 Å². The van der Waals surface area contributed by atoms with Gasteiger partial charge < -0.3 is 5.11 Å². The third kappa shape index (κ3) is 3.53. The zero-order valence-corrected chi connectivity index (χ0v) is 13.6. The predicted octanol–water partition coefficient (Wildman–Crippen LogP) is 5.07. The van der Waals surface area contributed by atoms with Gasteiger partial charge in [0.25, 0.3) is 0 Å². The molecule has 1 aliphatic carbocycles. The van der Waals surface area contributed by atoms with Crippen LogP contribution in [0, 0.1) is 28.6 Å². The third-order valence-corrected chi connectivity index (χ3v) is 5.15. The van der Waals surface area contributed by atoms with Crippen molar-refractivity contribution >= 4 is 0 Å². The number of nitriles is 1. The molecule has 0 unspecified atom stereocenters. The molecule has 1 aliphatic rings. The Bertz CT molecular complexity index is 616. The predicted molar refractivity (Wildman–Crippen MR) is 81.4 cm³/mol. The molecule has 126 valence electrons. The fourth-order valence-corrected chi connectivity index (χ4v) is 4.02. The molecule has 1 saturated carbocycles. The van der Waals surface area contributed by atoms with Crippen molar-refractivity contribution in [3.05, 3.63) is 34.9 Å². The van der Waals surface area contributed by atoms with Crippen molar-refractivity contribution in [1.82, 2.24) is 0 Å². The molecule has 5 heteroatoms. The highest BCUT2D eigenvalue weighted by molar-refractivity contribution is 5.42. The quantitative estimate of drug-likeness (QED) is 0.824. The average molecular weight is 325 g/mol. The summed E-state index contributed by atoms with van der Waals surface area (Å²) >= 11 is 0.